The number of piperidine rings is 1. The van der Waals surface area contributed by atoms with Crippen LogP contribution in [0.15, 0.2) is 12.2 Å². The van der Waals surface area contributed by atoms with E-state index < -0.39 is 0 Å². The zero-order valence-corrected chi connectivity index (χ0v) is 16.4. The lowest BCUT2D eigenvalue weighted by atomic mass is 9.46. The highest BCUT2D eigenvalue weighted by molar-refractivity contribution is 5.77. The minimum Gasteiger partial charge on any atom is -0.350 e. The zero-order chi connectivity index (χ0) is 18.1. The SMILES string of the molecule is CN1C(=O)CC[C@@]2(C)C1CC[C@@H]1[C@H]2CC[C@]2(C)C(C3OCCO3)C=C[C@@H]12. The summed E-state index contributed by atoms with van der Waals surface area (Å²) in [5.41, 5.74) is 0.564. The molecule has 4 fully saturated rings. The van der Waals surface area contributed by atoms with Crippen molar-refractivity contribution in [2.75, 3.05) is 20.3 Å². The number of allylic oxidation sites excluding steroid dienone is 1. The van der Waals surface area contributed by atoms with Crippen LogP contribution in [-0.2, 0) is 14.3 Å². The second-order valence-electron chi connectivity index (χ2n) is 9.96. The Balaban J connectivity index is 1.42. The summed E-state index contributed by atoms with van der Waals surface area (Å²) in [6.07, 6.45) is 11.7. The Bertz CT molecular complexity index is 627. The molecular formula is C22H33NO3. The molecule has 0 aromatic carbocycles. The molecule has 4 heteroatoms. The van der Waals surface area contributed by atoms with Crippen molar-refractivity contribution in [1.82, 2.24) is 4.90 Å². The van der Waals surface area contributed by atoms with Gasteiger partial charge in [-0.25, -0.2) is 0 Å². The van der Waals surface area contributed by atoms with Gasteiger partial charge in [-0.15, -0.1) is 0 Å². The molecule has 26 heavy (non-hydrogen) atoms. The van der Waals surface area contributed by atoms with Crippen molar-refractivity contribution in [3.05, 3.63) is 12.2 Å². The van der Waals surface area contributed by atoms with Crippen molar-refractivity contribution in [3.8, 4) is 0 Å². The van der Waals surface area contributed by atoms with Crippen LogP contribution in [0.3, 0.4) is 0 Å². The van der Waals surface area contributed by atoms with Crippen molar-refractivity contribution in [1.29, 1.82) is 0 Å². The van der Waals surface area contributed by atoms with Gasteiger partial charge in [-0.3, -0.25) is 4.79 Å². The number of nitrogens with zero attached hydrogens (tertiary/aromatic N) is 1. The largest absolute Gasteiger partial charge is 0.350 e. The van der Waals surface area contributed by atoms with Gasteiger partial charge in [0.25, 0.3) is 0 Å². The highest BCUT2D eigenvalue weighted by Crippen LogP contribution is 2.65. The minimum absolute atomic E-state index is 0.0387. The summed E-state index contributed by atoms with van der Waals surface area (Å²) < 4.78 is 11.8. The van der Waals surface area contributed by atoms with E-state index in [0.717, 1.165) is 37.9 Å². The summed E-state index contributed by atoms with van der Waals surface area (Å²) in [6.45, 7) is 6.44. The molecule has 5 aliphatic rings. The van der Waals surface area contributed by atoms with E-state index >= 15 is 0 Å². The molecule has 0 N–H and O–H groups in total. The van der Waals surface area contributed by atoms with Gasteiger partial charge in [-0.1, -0.05) is 26.0 Å². The molecule has 0 bridgehead atoms. The molecule has 2 unspecified atom stereocenters. The third-order valence-corrected chi connectivity index (χ3v) is 9.08. The number of likely N-dealkylation sites (tertiary alicyclic amines) is 1. The smallest absolute Gasteiger partial charge is 0.222 e. The second-order valence-corrected chi connectivity index (χ2v) is 9.96. The van der Waals surface area contributed by atoms with Gasteiger partial charge in [0.05, 0.1) is 13.2 Å². The predicted molar refractivity (Wildman–Crippen MR) is 99.3 cm³/mol. The molecule has 4 nitrogen and oxygen atoms in total. The summed E-state index contributed by atoms with van der Waals surface area (Å²) in [6, 6.07) is 0.442. The molecule has 1 amide bonds. The molecule has 0 aromatic rings. The highest BCUT2D eigenvalue weighted by Gasteiger charge is 2.61. The van der Waals surface area contributed by atoms with Gasteiger partial charge in [0.2, 0.25) is 5.91 Å². The van der Waals surface area contributed by atoms with Crippen LogP contribution in [0.2, 0.25) is 0 Å². The van der Waals surface area contributed by atoms with Gasteiger partial charge in [-0.05, 0) is 60.7 Å². The van der Waals surface area contributed by atoms with Crippen molar-refractivity contribution < 1.29 is 14.3 Å². The average molecular weight is 360 g/mol. The van der Waals surface area contributed by atoms with Crippen LogP contribution in [-0.4, -0.2) is 43.4 Å². The number of ether oxygens (including phenoxy) is 2. The Kier molecular flexibility index (Phi) is 3.85. The number of hydrogen-bond acceptors (Lipinski definition) is 3. The molecule has 0 aromatic heterocycles. The van der Waals surface area contributed by atoms with Crippen molar-refractivity contribution in [3.63, 3.8) is 0 Å². The van der Waals surface area contributed by atoms with Gasteiger partial charge >= 0.3 is 0 Å². The number of fused-ring (bicyclic) bond motifs is 5. The Labute approximate surface area is 157 Å². The van der Waals surface area contributed by atoms with E-state index in [1.165, 1.54) is 25.7 Å². The molecule has 2 saturated heterocycles. The maximum absolute atomic E-state index is 12.3. The number of carbonyl (C=O) groups excluding carboxylic acids is 1. The van der Waals surface area contributed by atoms with Crippen molar-refractivity contribution in [2.24, 2.45) is 34.5 Å². The Morgan fingerprint density at radius 1 is 1.00 bits per heavy atom. The summed E-state index contributed by atoms with van der Waals surface area (Å²) in [5.74, 6) is 2.88. The van der Waals surface area contributed by atoms with Crippen LogP contribution in [0.25, 0.3) is 0 Å². The van der Waals surface area contributed by atoms with E-state index in [9.17, 15) is 4.79 Å². The average Bonchev–Trinajstić information content (AvgIpc) is 3.25. The fourth-order valence-corrected chi connectivity index (χ4v) is 7.62. The molecule has 0 spiro atoms. The standard InChI is InChI=1S/C22H33NO3/c1-21-10-8-16-14(15(21)5-6-17(21)20-25-12-13-26-20)4-7-18-22(16,2)11-9-19(24)23(18)3/h5-6,14-18,20H,4,7-13H2,1-3H3/t14-,15-,16+,17?,18?,21-,22+/m0/s1. The first-order chi connectivity index (χ1) is 12.4. The van der Waals surface area contributed by atoms with Crippen LogP contribution in [0.5, 0.6) is 0 Å². The summed E-state index contributed by atoms with van der Waals surface area (Å²) in [5, 5.41) is 0. The zero-order valence-electron chi connectivity index (χ0n) is 16.4. The lowest BCUT2D eigenvalue weighted by Gasteiger charge is -2.61. The molecule has 2 aliphatic heterocycles. The summed E-state index contributed by atoms with van der Waals surface area (Å²) in [4.78, 5) is 14.3. The van der Waals surface area contributed by atoms with Gasteiger partial charge in [-0.2, -0.15) is 0 Å². The normalized spacial score (nSPS) is 51.3. The molecule has 144 valence electrons. The predicted octanol–water partition coefficient (Wildman–Crippen LogP) is 3.61. The molecule has 2 heterocycles. The summed E-state index contributed by atoms with van der Waals surface area (Å²) >= 11 is 0. The number of amides is 1. The quantitative estimate of drug-likeness (QED) is 0.671. The first-order valence-electron chi connectivity index (χ1n) is 10.6. The van der Waals surface area contributed by atoms with Crippen LogP contribution >= 0.6 is 0 Å². The van der Waals surface area contributed by atoms with Crippen LogP contribution < -0.4 is 0 Å². The topological polar surface area (TPSA) is 38.8 Å². The molecular weight excluding hydrogens is 326 g/mol. The van der Waals surface area contributed by atoms with E-state index in [1.807, 2.05) is 7.05 Å². The molecule has 3 aliphatic carbocycles. The minimum atomic E-state index is -0.0387. The lowest BCUT2D eigenvalue weighted by Crippen LogP contribution is -2.61. The number of carbonyl (C=O) groups is 1. The van der Waals surface area contributed by atoms with Crippen LogP contribution in [0.1, 0.15) is 52.4 Å². The fraction of sp³-hybridized carbons (Fsp3) is 0.864. The van der Waals surface area contributed by atoms with Gasteiger partial charge in [0.15, 0.2) is 6.29 Å². The number of rotatable bonds is 1. The molecule has 5 rings (SSSR count). The summed E-state index contributed by atoms with van der Waals surface area (Å²) in [7, 11) is 2.04. The lowest BCUT2D eigenvalue weighted by molar-refractivity contribution is -0.165. The number of hydrogen-bond donors (Lipinski definition) is 0. The van der Waals surface area contributed by atoms with Crippen molar-refractivity contribution >= 4 is 5.91 Å². The maximum Gasteiger partial charge on any atom is 0.222 e. The molecule has 7 atom stereocenters. The third kappa shape index (κ3) is 2.18. The van der Waals surface area contributed by atoms with Crippen LogP contribution in [0, 0.1) is 34.5 Å². The van der Waals surface area contributed by atoms with Crippen molar-refractivity contribution in [2.45, 2.75) is 64.7 Å². The Morgan fingerprint density at radius 3 is 2.50 bits per heavy atom. The second kappa shape index (κ2) is 5.81. The monoisotopic (exact) mass is 359 g/mol. The highest BCUT2D eigenvalue weighted by atomic mass is 16.7. The van der Waals surface area contributed by atoms with Gasteiger partial charge in [0.1, 0.15) is 0 Å². The van der Waals surface area contributed by atoms with E-state index in [2.05, 4.69) is 30.9 Å². The van der Waals surface area contributed by atoms with Gasteiger partial charge in [0, 0.05) is 25.4 Å². The molecule has 0 radical (unpaired) electrons. The van der Waals surface area contributed by atoms with E-state index in [-0.39, 0.29) is 11.7 Å². The Morgan fingerprint density at radius 2 is 1.73 bits per heavy atom. The molecule has 2 saturated carbocycles. The van der Waals surface area contributed by atoms with Crippen LogP contribution in [0.4, 0.5) is 0 Å². The van der Waals surface area contributed by atoms with E-state index in [1.54, 1.807) is 0 Å². The first-order valence-corrected chi connectivity index (χ1v) is 10.6. The third-order valence-electron chi connectivity index (χ3n) is 9.08. The maximum atomic E-state index is 12.3. The van der Waals surface area contributed by atoms with E-state index in [4.69, 9.17) is 9.47 Å². The fourth-order valence-electron chi connectivity index (χ4n) is 7.62. The Hall–Kier alpha value is -0.870. The van der Waals surface area contributed by atoms with Gasteiger partial charge < -0.3 is 14.4 Å². The first kappa shape index (κ1) is 17.2. The van der Waals surface area contributed by atoms with E-state index in [0.29, 0.717) is 29.2 Å².